The predicted octanol–water partition coefficient (Wildman–Crippen LogP) is 1.52. The summed E-state index contributed by atoms with van der Waals surface area (Å²) in [6, 6.07) is 8.21. The van der Waals surface area contributed by atoms with Crippen molar-refractivity contribution in [3.63, 3.8) is 0 Å². The predicted molar refractivity (Wildman–Crippen MR) is 88.3 cm³/mol. The largest absolute Gasteiger partial charge is 0.373 e. The minimum Gasteiger partial charge on any atom is -0.373 e. The molecule has 6 heteroatoms. The van der Waals surface area contributed by atoms with Crippen molar-refractivity contribution < 1.29 is 13.2 Å². The van der Waals surface area contributed by atoms with Crippen molar-refractivity contribution in [3.8, 4) is 0 Å². The number of morpholine rings is 1. The summed E-state index contributed by atoms with van der Waals surface area (Å²) >= 11 is 0. The van der Waals surface area contributed by atoms with E-state index in [1.54, 1.807) is 4.31 Å². The normalized spacial score (nSPS) is 23.6. The Labute approximate surface area is 133 Å². The van der Waals surface area contributed by atoms with E-state index in [1.807, 2.05) is 26.0 Å². The Morgan fingerprint density at radius 2 is 1.95 bits per heavy atom. The van der Waals surface area contributed by atoms with Gasteiger partial charge in [0.15, 0.2) is 0 Å². The number of hydrogen-bond acceptors (Lipinski definition) is 4. The van der Waals surface area contributed by atoms with Crippen LogP contribution in [0.1, 0.15) is 25.0 Å². The molecule has 2 rings (SSSR count). The summed E-state index contributed by atoms with van der Waals surface area (Å²) in [4.78, 5) is 0. The SMILES string of the molecule is Cc1cccc(CNCCS(=O)(=O)N2C[C@@H](C)O[C@@H](C)C2)c1. The maximum absolute atomic E-state index is 12.4. The van der Waals surface area contributed by atoms with E-state index in [4.69, 9.17) is 4.74 Å². The molecule has 0 aliphatic carbocycles. The molecular formula is C16H26N2O3S. The number of nitrogens with one attached hydrogen (secondary N) is 1. The summed E-state index contributed by atoms with van der Waals surface area (Å²) < 4.78 is 31.9. The molecule has 1 aliphatic rings. The molecule has 22 heavy (non-hydrogen) atoms. The Balaban J connectivity index is 1.80. The number of ether oxygens (including phenoxy) is 1. The van der Waals surface area contributed by atoms with Gasteiger partial charge in [-0.2, -0.15) is 4.31 Å². The smallest absolute Gasteiger partial charge is 0.215 e. The maximum Gasteiger partial charge on any atom is 0.215 e. The molecule has 5 nitrogen and oxygen atoms in total. The standard InChI is InChI=1S/C16H26N2O3S/c1-13-5-4-6-16(9-13)10-17-7-8-22(19,20)18-11-14(2)21-15(3)12-18/h4-6,9,14-15,17H,7-8,10-12H2,1-3H3/t14-,15+. The first-order valence-electron chi connectivity index (χ1n) is 7.76. The van der Waals surface area contributed by atoms with Gasteiger partial charge in [-0.1, -0.05) is 29.8 Å². The third-order valence-corrected chi connectivity index (χ3v) is 5.53. The van der Waals surface area contributed by atoms with Crippen LogP contribution in [0.5, 0.6) is 0 Å². The van der Waals surface area contributed by atoms with Crippen LogP contribution < -0.4 is 5.32 Å². The van der Waals surface area contributed by atoms with Gasteiger partial charge in [-0.3, -0.25) is 0 Å². The zero-order chi connectivity index (χ0) is 16.2. The number of rotatable bonds is 6. The van der Waals surface area contributed by atoms with E-state index in [0.29, 0.717) is 26.2 Å². The number of hydrogen-bond donors (Lipinski definition) is 1. The second-order valence-electron chi connectivity index (χ2n) is 6.06. The van der Waals surface area contributed by atoms with Crippen molar-refractivity contribution in [3.05, 3.63) is 35.4 Å². The molecule has 1 heterocycles. The molecule has 124 valence electrons. The van der Waals surface area contributed by atoms with Crippen LogP contribution in [0.4, 0.5) is 0 Å². The van der Waals surface area contributed by atoms with Crippen LogP contribution in [-0.4, -0.2) is 50.3 Å². The van der Waals surface area contributed by atoms with Crippen LogP contribution in [0, 0.1) is 6.92 Å². The van der Waals surface area contributed by atoms with E-state index in [1.165, 1.54) is 11.1 Å². The molecule has 1 N–H and O–H groups in total. The van der Waals surface area contributed by atoms with Crippen molar-refractivity contribution in [2.45, 2.75) is 39.5 Å². The van der Waals surface area contributed by atoms with Crippen molar-refractivity contribution >= 4 is 10.0 Å². The molecule has 0 bridgehead atoms. The third-order valence-electron chi connectivity index (χ3n) is 3.73. The Morgan fingerprint density at radius 1 is 1.27 bits per heavy atom. The van der Waals surface area contributed by atoms with E-state index >= 15 is 0 Å². The van der Waals surface area contributed by atoms with Gasteiger partial charge >= 0.3 is 0 Å². The third kappa shape index (κ3) is 5.05. The lowest BCUT2D eigenvalue weighted by Gasteiger charge is -2.34. The van der Waals surface area contributed by atoms with E-state index in [0.717, 1.165) is 0 Å². The highest BCUT2D eigenvalue weighted by Gasteiger charge is 2.30. The summed E-state index contributed by atoms with van der Waals surface area (Å²) in [5.41, 5.74) is 2.38. The second-order valence-corrected chi connectivity index (χ2v) is 8.14. The first-order valence-corrected chi connectivity index (χ1v) is 9.37. The van der Waals surface area contributed by atoms with Gasteiger partial charge in [-0.25, -0.2) is 8.42 Å². The number of sulfonamides is 1. The molecule has 2 atom stereocenters. The highest BCUT2D eigenvalue weighted by atomic mass is 32.2. The van der Waals surface area contributed by atoms with Crippen molar-refractivity contribution in [1.82, 2.24) is 9.62 Å². The van der Waals surface area contributed by atoms with E-state index < -0.39 is 10.0 Å². The molecule has 1 aliphatic heterocycles. The summed E-state index contributed by atoms with van der Waals surface area (Å²) in [7, 11) is -3.22. The first-order chi connectivity index (χ1) is 10.4. The highest BCUT2D eigenvalue weighted by molar-refractivity contribution is 7.89. The number of nitrogens with zero attached hydrogens (tertiary/aromatic N) is 1. The molecule has 0 unspecified atom stereocenters. The van der Waals surface area contributed by atoms with Crippen LogP contribution in [0.3, 0.4) is 0 Å². The fourth-order valence-corrected chi connectivity index (χ4v) is 4.28. The van der Waals surface area contributed by atoms with Gasteiger partial charge in [0.05, 0.1) is 18.0 Å². The molecule has 0 aromatic heterocycles. The minimum atomic E-state index is -3.22. The van der Waals surface area contributed by atoms with Gasteiger partial charge in [0, 0.05) is 26.2 Å². The first kappa shape index (κ1) is 17.4. The van der Waals surface area contributed by atoms with Gasteiger partial charge in [-0.05, 0) is 26.3 Å². The Hall–Kier alpha value is -0.950. The van der Waals surface area contributed by atoms with Crippen LogP contribution in [0.15, 0.2) is 24.3 Å². The van der Waals surface area contributed by atoms with Crippen molar-refractivity contribution in [2.75, 3.05) is 25.4 Å². The van der Waals surface area contributed by atoms with Crippen LogP contribution in [0.2, 0.25) is 0 Å². The summed E-state index contributed by atoms with van der Waals surface area (Å²) in [6.07, 6.45) is -0.0856. The molecule has 0 radical (unpaired) electrons. The van der Waals surface area contributed by atoms with Crippen molar-refractivity contribution in [1.29, 1.82) is 0 Å². The Morgan fingerprint density at radius 3 is 2.59 bits per heavy atom. The van der Waals surface area contributed by atoms with E-state index in [2.05, 4.69) is 24.4 Å². The van der Waals surface area contributed by atoms with E-state index in [9.17, 15) is 8.42 Å². The zero-order valence-corrected chi connectivity index (χ0v) is 14.4. The molecule has 0 saturated carbocycles. The van der Waals surface area contributed by atoms with Crippen molar-refractivity contribution in [2.24, 2.45) is 0 Å². The Bertz CT molecular complexity index is 579. The minimum absolute atomic E-state index is 0.0428. The Kier molecular flexibility index (Phi) is 5.97. The van der Waals surface area contributed by atoms with E-state index in [-0.39, 0.29) is 18.0 Å². The van der Waals surface area contributed by atoms with Crippen LogP contribution in [0.25, 0.3) is 0 Å². The average Bonchev–Trinajstić information content (AvgIpc) is 2.43. The second kappa shape index (κ2) is 7.55. The monoisotopic (exact) mass is 326 g/mol. The maximum atomic E-state index is 12.4. The summed E-state index contributed by atoms with van der Waals surface area (Å²) in [6.45, 7) is 7.91. The van der Waals surface area contributed by atoms with Gasteiger partial charge in [0.25, 0.3) is 0 Å². The molecule has 0 spiro atoms. The lowest BCUT2D eigenvalue weighted by atomic mass is 10.1. The molecule has 1 fully saturated rings. The molecule has 1 saturated heterocycles. The fourth-order valence-electron chi connectivity index (χ4n) is 2.74. The van der Waals surface area contributed by atoms with Gasteiger partial charge in [0.1, 0.15) is 0 Å². The zero-order valence-electron chi connectivity index (χ0n) is 13.6. The summed E-state index contributed by atoms with van der Waals surface area (Å²) in [5, 5.41) is 3.21. The summed E-state index contributed by atoms with van der Waals surface area (Å²) in [5.74, 6) is 0.123. The highest BCUT2D eigenvalue weighted by Crippen LogP contribution is 2.14. The van der Waals surface area contributed by atoms with Gasteiger partial charge in [0.2, 0.25) is 10.0 Å². The van der Waals surface area contributed by atoms with Crippen LogP contribution in [-0.2, 0) is 21.3 Å². The molecule has 0 amide bonds. The topological polar surface area (TPSA) is 58.6 Å². The fraction of sp³-hybridized carbons (Fsp3) is 0.625. The lowest BCUT2D eigenvalue weighted by Crippen LogP contribution is -2.49. The van der Waals surface area contributed by atoms with Gasteiger partial charge in [-0.15, -0.1) is 0 Å². The molecular weight excluding hydrogens is 300 g/mol. The number of benzene rings is 1. The average molecular weight is 326 g/mol. The molecule has 1 aromatic carbocycles. The van der Waals surface area contributed by atoms with Crippen LogP contribution >= 0.6 is 0 Å². The quantitative estimate of drug-likeness (QED) is 0.806. The number of aryl methyl sites for hydroxylation is 1. The van der Waals surface area contributed by atoms with Gasteiger partial charge < -0.3 is 10.1 Å². The lowest BCUT2D eigenvalue weighted by molar-refractivity contribution is -0.0440. The molecule has 1 aromatic rings.